The Balaban J connectivity index is 2.38. The van der Waals surface area contributed by atoms with E-state index in [4.69, 9.17) is 0 Å². The van der Waals surface area contributed by atoms with E-state index < -0.39 is 0 Å². The van der Waals surface area contributed by atoms with Crippen molar-refractivity contribution in [3.05, 3.63) is 42.0 Å². The molecule has 0 bridgehead atoms. The number of benzene rings is 1. The van der Waals surface area contributed by atoms with E-state index >= 15 is 0 Å². The van der Waals surface area contributed by atoms with Crippen LogP contribution in [0.25, 0.3) is 5.70 Å². The van der Waals surface area contributed by atoms with E-state index in [1.54, 1.807) is 0 Å². The van der Waals surface area contributed by atoms with Crippen LogP contribution in [0.5, 0.6) is 0 Å². The van der Waals surface area contributed by atoms with Gasteiger partial charge in [0.2, 0.25) is 0 Å². The molecule has 1 unspecified atom stereocenters. The third-order valence-electron chi connectivity index (χ3n) is 3.90. The molecule has 1 aromatic rings. The molecule has 0 saturated heterocycles. The lowest BCUT2D eigenvalue weighted by molar-refractivity contribution is 0.630. The van der Waals surface area contributed by atoms with Crippen molar-refractivity contribution in [2.75, 3.05) is 0 Å². The second kappa shape index (κ2) is 9.63. The van der Waals surface area contributed by atoms with Gasteiger partial charge in [-0.1, -0.05) is 70.4 Å². The number of nitrogens with one attached hydrogen (secondary N) is 1. The molecule has 0 aliphatic rings. The highest BCUT2D eigenvalue weighted by atomic mass is 14.9. The maximum atomic E-state index is 4.13. The molecule has 20 heavy (non-hydrogen) atoms. The van der Waals surface area contributed by atoms with Crippen molar-refractivity contribution in [2.45, 2.75) is 71.8 Å². The van der Waals surface area contributed by atoms with Crippen LogP contribution < -0.4 is 5.32 Å². The zero-order chi connectivity index (χ0) is 14.8. The summed E-state index contributed by atoms with van der Waals surface area (Å²) in [6.07, 6.45) is 9.07. The van der Waals surface area contributed by atoms with Gasteiger partial charge in [-0.3, -0.25) is 0 Å². The van der Waals surface area contributed by atoms with E-state index in [0.29, 0.717) is 6.04 Å². The lowest BCUT2D eigenvalue weighted by atomic mass is 10.0. The Bertz CT molecular complexity index is 377. The maximum absolute atomic E-state index is 4.13. The van der Waals surface area contributed by atoms with Crippen molar-refractivity contribution in [1.29, 1.82) is 0 Å². The van der Waals surface area contributed by atoms with Crippen LogP contribution in [-0.4, -0.2) is 6.04 Å². The largest absolute Gasteiger partial charge is 0.383 e. The quantitative estimate of drug-likeness (QED) is 0.550. The minimum Gasteiger partial charge on any atom is -0.383 e. The van der Waals surface area contributed by atoms with Gasteiger partial charge in [0.05, 0.1) is 0 Å². The highest BCUT2D eigenvalue weighted by Crippen LogP contribution is 2.14. The first-order chi connectivity index (χ1) is 9.67. The SMILES string of the molecule is C=C(NC(C)CC)c1ccc(CCCCCCC)cc1. The van der Waals surface area contributed by atoms with Crippen molar-refractivity contribution in [1.82, 2.24) is 5.32 Å². The van der Waals surface area contributed by atoms with Crippen molar-refractivity contribution < 1.29 is 0 Å². The Hall–Kier alpha value is -1.24. The Morgan fingerprint density at radius 3 is 2.30 bits per heavy atom. The first kappa shape index (κ1) is 16.8. The lowest BCUT2D eigenvalue weighted by Crippen LogP contribution is -2.22. The minimum absolute atomic E-state index is 0.487. The molecule has 0 fully saturated rings. The lowest BCUT2D eigenvalue weighted by Gasteiger charge is -2.15. The molecule has 0 aliphatic carbocycles. The molecule has 1 nitrogen and oxygen atoms in total. The Morgan fingerprint density at radius 2 is 1.70 bits per heavy atom. The summed E-state index contributed by atoms with van der Waals surface area (Å²) >= 11 is 0. The van der Waals surface area contributed by atoms with E-state index in [1.807, 2.05) is 0 Å². The molecule has 0 aliphatic heterocycles. The predicted molar refractivity (Wildman–Crippen MR) is 90.8 cm³/mol. The third kappa shape index (κ3) is 6.27. The fraction of sp³-hybridized carbons (Fsp3) is 0.579. The van der Waals surface area contributed by atoms with Gasteiger partial charge >= 0.3 is 0 Å². The van der Waals surface area contributed by atoms with Crippen LogP contribution >= 0.6 is 0 Å². The van der Waals surface area contributed by atoms with Gasteiger partial charge in [-0.05, 0) is 37.3 Å². The summed E-state index contributed by atoms with van der Waals surface area (Å²) in [7, 11) is 0. The molecule has 0 aromatic heterocycles. The molecule has 1 rings (SSSR count). The van der Waals surface area contributed by atoms with Crippen molar-refractivity contribution >= 4 is 5.70 Å². The van der Waals surface area contributed by atoms with Gasteiger partial charge in [0, 0.05) is 11.7 Å². The van der Waals surface area contributed by atoms with E-state index in [0.717, 1.165) is 12.1 Å². The van der Waals surface area contributed by atoms with Crippen molar-refractivity contribution in [3.8, 4) is 0 Å². The average molecular weight is 273 g/mol. The average Bonchev–Trinajstić information content (AvgIpc) is 2.47. The number of rotatable bonds is 10. The Labute approximate surface area is 125 Å². The zero-order valence-corrected chi connectivity index (χ0v) is 13.5. The van der Waals surface area contributed by atoms with Crippen LogP contribution in [0.1, 0.15) is 70.4 Å². The fourth-order valence-corrected chi connectivity index (χ4v) is 2.29. The molecule has 0 amide bonds. The zero-order valence-electron chi connectivity index (χ0n) is 13.5. The van der Waals surface area contributed by atoms with Gasteiger partial charge in [-0.2, -0.15) is 0 Å². The van der Waals surface area contributed by atoms with Gasteiger partial charge in [-0.25, -0.2) is 0 Å². The highest BCUT2D eigenvalue weighted by molar-refractivity contribution is 5.61. The van der Waals surface area contributed by atoms with Crippen LogP contribution in [0.4, 0.5) is 0 Å². The van der Waals surface area contributed by atoms with Gasteiger partial charge < -0.3 is 5.32 Å². The molecule has 112 valence electrons. The van der Waals surface area contributed by atoms with Crippen LogP contribution in [0.3, 0.4) is 0 Å². The normalized spacial score (nSPS) is 12.2. The standard InChI is InChI=1S/C19H31N/c1-5-7-8-9-10-11-18-12-14-19(15-13-18)17(4)20-16(3)6-2/h12-16,20H,4-11H2,1-3H3. The van der Waals surface area contributed by atoms with E-state index in [-0.39, 0.29) is 0 Å². The van der Waals surface area contributed by atoms with Crippen LogP contribution in [0, 0.1) is 0 Å². The Morgan fingerprint density at radius 1 is 1.05 bits per heavy atom. The van der Waals surface area contributed by atoms with Crippen molar-refractivity contribution in [3.63, 3.8) is 0 Å². The molecular weight excluding hydrogens is 242 g/mol. The molecule has 0 spiro atoms. The van der Waals surface area contributed by atoms with Crippen LogP contribution in [-0.2, 0) is 6.42 Å². The molecular formula is C19H31N. The summed E-state index contributed by atoms with van der Waals surface area (Å²) in [5.74, 6) is 0. The first-order valence-corrected chi connectivity index (χ1v) is 8.22. The van der Waals surface area contributed by atoms with Crippen molar-refractivity contribution in [2.24, 2.45) is 0 Å². The molecule has 0 heterocycles. The second-order valence-corrected chi connectivity index (χ2v) is 5.79. The van der Waals surface area contributed by atoms with Crippen LogP contribution in [0.2, 0.25) is 0 Å². The summed E-state index contributed by atoms with van der Waals surface area (Å²) in [6.45, 7) is 10.8. The number of unbranched alkanes of at least 4 members (excludes halogenated alkanes) is 4. The van der Waals surface area contributed by atoms with E-state index in [9.17, 15) is 0 Å². The van der Waals surface area contributed by atoms with Gasteiger partial charge in [0.15, 0.2) is 0 Å². The van der Waals surface area contributed by atoms with Gasteiger partial charge in [0.1, 0.15) is 0 Å². The molecule has 1 atom stereocenters. The summed E-state index contributed by atoms with van der Waals surface area (Å²) in [4.78, 5) is 0. The minimum atomic E-state index is 0.487. The summed E-state index contributed by atoms with van der Waals surface area (Å²) in [6, 6.07) is 9.37. The molecule has 1 N–H and O–H groups in total. The topological polar surface area (TPSA) is 12.0 Å². The number of aryl methyl sites for hydroxylation is 1. The monoisotopic (exact) mass is 273 g/mol. The summed E-state index contributed by atoms with van der Waals surface area (Å²) < 4.78 is 0. The number of hydrogen-bond donors (Lipinski definition) is 1. The summed E-state index contributed by atoms with van der Waals surface area (Å²) in [5, 5.41) is 3.44. The maximum Gasteiger partial charge on any atom is 0.0342 e. The predicted octanol–water partition coefficient (Wildman–Crippen LogP) is 5.56. The van der Waals surface area contributed by atoms with Gasteiger partial charge in [-0.15, -0.1) is 0 Å². The number of hydrogen-bond acceptors (Lipinski definition) is 1. The van der Waals surface area contributed by atoms with Crippen LogP contribution in [0.15, 0.2) is 30.8 Å². The third-order valence-corrected chi connectivity index (χ3v) is 3.90. The second-order valence-electron chi connectivity index (χ2n) is 5.79. The molecule has 1 heteroatoms. The van der Waals surface area contributed by atoms with E-state index in [1.165, 1.54) is 49.7 Å². The fourth-order valence-electron chi connectivity index (χ4n) is 2.29. The Kier molecular flexibility index (Phi) is 8.10. The molecule has 0 radical (unpaired) electrons. The summed E-state index contributed by atoms with van der Waals surface area (Å²) in [5.41, 5.74) is 3.69. The van der Waals surface area contributed by atoms with Gasteiger partial charge in [0.25, 0.3) is 0 Å². The smallest absolute Gasteiger partial charge is 0.0342 e. The van der Waals surface area contributed by atoms with E-state index in [2.05, 4.69) is 56.9 Å². The molecule has 1 aromatic carbocycles. The first-order valence-electron chi connectivity index (χ1n) is 8.22. The highest BCUT2D eigenvalue weighted by Gasteiger charge is 2.02. The molecule has 0 saturated carbocycles.